The fourth-order valence-corrected chi connectivity index (χ4v) is 1.78. The van der Waals surface area contributed by atoms with E-state index in [4.69, 9.17) is 0 Å². The quantitative estimate of drug-likeness (QED) is 0.808. The van der Waals surface area contributed by atoms with Crippen LogP contribution >= 0.6 is 0 Å². The van der Waals surface area contributed by atoms with E-state index in [1.54, 1.807) is 13.0 Å². The minimum absolute atomic E-state index is 0.0447. The monoisotopic (exact) mass is 247 g/mol. The average molecular weight is 247 g/mol. The van der Waals surface area contributed by atoms with E-state index in [1.807, 2.05) is 0 Å². The molecule has 0 atom stereocenters. The fraction of sp³-hybridized carbons (Fsp3) is 0.500. The standard InChI is InChI=1S/C12H13F4N/c1-8-2-3-10(13)6-9(8)7-17-11(4-5-11)12(14,15)16/h2-3,6,17H,4-5,7H2,1H3. The maximum Gasteiger partial charge on any atom is 0.406 e. The lowest BCUT2D eigenvalue weighted by Gasteiger charge is -2.21. The van der Waals surface area contributed by atoms with Gasteiger partial charge in [-0.05, 0) is 43.0 Å². The molecule has 5 heteroatoms. The fourth-order valence-electron chi connectivity index (χ4n) is 1.78. The summed E-state index contributed by atoms with van der Waals surface area (Å²) in [4.78, 5) is 0. The summed E-state index contributed by atoms with van der Waals surface area (Å²) < 4.78 is 50.9. The van der Waals surface area contributed by atoms with Gasteiger partial charge in [-0.25, -0.2) is 4.39 Å². The lowest BCUT2D eigenvalue weighted by molar-refractivity contribution is -0.166. The van der Waals surface area contributed by atoms with Crippen LogP contribution in [0.4, 0.5) is 17.6 Å². The van der Waals surface area contributed by atoms with Crippen molar-refractivity contribution in [2.45, 2.75) is 38.0 Å². The summed E-state index contributed by atoms with van der Waals surface area (Å²) in [5.74, 6) is -0.427. The molecule has 1 aromatic carbocycles. The Labute approximate surface area is 96.8 Å². The van der Waals surface area contributed by atoms with E-state index in [9.17, 15) is 17.6 Å². The molecule has 0 spiro atoms. The first-order valence-corrected chi connectivity index (χ1v) is 5.41. The van der Waals surface area contributed by atoms with Crippen LogP contribution in [0.25, 0.3) is 0 Å². The van der Waals surface area contributed by atoms with Crippen LogP contribution in [0.3, 0.4) is 0 Å². The van der Waals surface area contributed by atoms with E-state index in [0.717, 1.165) is 5.56 Å². The molecule has 0 aromatic heterocycles. The third-order valence-corrected chi connectivity index (χ3v) is 3.22. The molecule has 1 nitrogen and oxygen atoms in total. The largest absolute Gasteiger partial charge is 0.406 e. The van der Waals surface area contributed by atoms with Gasteiger partial charge in [0.05, 0.1) is 0 Å². The molecule has 0 unspecified atom stereocenters. The average Bonchev–Trinajstić information content (AvgIpc) is 2.99. The van der Waals surface area contributed by atoms with E-state index in [0.29, 0.717) is 5.56 Å². The molecular weight excluding hydrogens is 234 g/mol. The summed E-state index contributed by atoms with van der Waals surface area (Å²) in [6.45, 7) is 1.80. The molecule has 1 aliphatic rings. The van der Waals surface area contributed by atoms with Crippen LogP contribution in [0.15, 0.2) is 18.2 Å². The third-order valence-electron chi connectivity index (χ3n) is 3.22. The molecule has 0 bridgehead atoms. The smallest absolute Gasteiger partial charge is 0.299 e. The SMILES string of the molecule is Cc1ccc(F)cc1CNC1(C(F)(F)F)CC1. The predicted molar refractivity (Wildman–Crippen MR) is 56.0 cm³/mol. The van der Waals surface area contributed by atoms with Gasteiger partial charge in [0.25, 0.3) is 0 Å². The van der Waals surface area contributed by atoms with E-state index in [2.05, 4.69) is 5.32 Å². The van der Waals surface area contributed by atoms with E-state index < -0.39 is 17.5 Å². The molecule has 0 radical (unpaired) electrons. The highest BCUT2D eigenvalue weighted by atomic mass is 19.4. The van der Waals surface area contributed by atoms with Gasteiger partial charge in [-0.15, -0.1) is 0 Å². The van der Waals surface area contributed by atoms with Gasteiger partial charge in [-0.1, -0.05) is 6.07 Å². The summed E-state index contributed by atoms with van der Waals surface area (Å²) in [5, 5.41) is 2.50. The maximum atomic E-state index is 13.0. The van der Waals surface area contributed by atoms with E-state index in [-0.39, 0.29) is 19.4 Å². The van der Waals surface area contributed by atoms with Crippen molar-refractivity contribution in [1.82, 2.24) is 5.32 Å². The van der Waals surface area contributed by atoms with Crippen LogP contribution in [0, 0.1) is 12.7 Å². The number of alkyl halides is 3. The summed E-state index contributed by atoms with van der Waals surface area (Å²) in [6.07, 6.45) is -4.02. The van der Waals surface area contributed by atoms with Crippen molar-refractivity contribution < 1.29 is 17.6 Å². The van der Waals surface area contributed by atoms with Crippen molar-refractivity contribution in [3.63, 3.8) is 0 Å². The molecule has 0 saturated heterocycles. The van der Waals surface area contributed by atoms with Crippen LogP contribution in [-0.4, -0.2) is 11.7 Å². The number of hydrogen-bond donors (Lipinski definition) is 1. The van der Waals surface area contributed by atoms with Crippen LogP contribution in [-0.2, 0) is 6.54 Å². The summed E-state index contributed by atoms with van der Waals surface area (Å²) in [6, 6.07) is 4.14. The van der Waals surface area contributed by atoms with Gasteiger partial charge in [-0.3, -0.25) is 5.32 Å². The van der Waals surface area contributed by atoms with Gasteiger partial charge in [0.1, 0.15) is 11.4 Å². The Balaban J connectivity index is 2.06. The number of rotatable bonds is 3. The van der Waals surface area contributed by atoms with Crippen LogP contribution < -0.4 is 5.32 Å². The highest BCUT2D eigenvalue weighted by molar-refractivity contribution is 5.27. The second-order valence-electron chi connectivity index (χ2n) is 4.50. The molecule has 1 aliphatic carbocycles. The van der Waals surface area contributed by atoms with Gasteiger partial charge in [0.15, 0.2) is 0 Å². The van der Waals surface area contributed by atoms with Crippen molar-refractivity contribution in [3.05, 3.63) is 35.1 Å². The summed E-state index contributed by atoms with van der Waals surface area (Å²) >= 11 is 0. The second-order valence-corrected chi connectivity index (χ2v) is 4.50. The Morgan fingerprint density at radius 2 is 1.94 bits per heavy atom. The molecule has 1 N–H and O–H groups in total. The van der Waals surface area contributed by atoms with Crippen LogP contribution in [0.1, 0.15) is 24.0 Å². The number of aryl methyl sites for hydroxylation is 1. The number of halogens is 4. The normalized spacial score (nSPS) is 18.2. The Hall–Kier alpha value is -1.10. The van der Waals surface area contributed by atoms with Crippen molar-refractivity contribution in [3.8, 4) is 0 Å². The first-order valence-electron chi connectivity index (χ1n) is 5.41. The van der Waals surface area contributed by atoms with Gasteiger partial charge in [0.2, 0.25) is 0 Å². The van der Waals surface area contributed by atoms with Crippen molar-refractivity contribution in [2.24, 2.45) is 0 Å². The maximum absolute atomic E-state index is 13.0. The Morgan fingerprint density at radius 3 is 2.47 bits per heavy atom. The summed E-state index contributed by atoms with van der Waals surface area (Å²) in [5.41, 5.74) is -0.386. The first-order chi connectivity index (χ1) is 7.84. The molecule has 1 aromatic rings. The minimum Gasteiger partial charge on any atom is -0.299 e. The van der Waals surface area contributed by atoms with Gasteiger partial charge >= 0.3 is 6.18 Å². The van der Waals surface area contributed by atoms with Gasteiger partial charge in [-0.2, -0.15) is 13.2 Å². The predicted octanol–water partition coefficient (Wildman–Crippen LogP) is 3.32. The molecule has 0 heterocycles. The molecule has 0 aliphatic heterocycles. The zero-order chi connectivity index (χ0) is 12.7. The molecule has 17 heavy (non-hydrogen) atoms. The molecular formula is C12H13F4N. The summed E-state index contributed by atoms with van der Waals surface area (Å²) in [7, 11) is 0. The molecule has 94 valence electrons. The molecule has 1 saturated carbocycles. The Kier molecular flexibility index (Phi) is 2.89. The lowest BCUT2D eigenvalue weighted by Crippen LogP contribution is -2.44. The Bertz CT molecular complexity index is 421. The highest BCUT2D eigenvalue weighted by Crippen LogP contribution is 2.49. The number of benzene rings is 1. The third kappa shape index (κ3) is 2.44. The van der Waals surface area contributed by atoms with E-state index >= 15 is 0 Å². The van der Waals surface area contributed by atoms with Gasteiger partial charge in [0, 0.05) is 6.54 Å². The number of nitrogens with one attached hydrogen (secondary N) is 1. The highest BCUT2D eigenvalue weighted by Gasteiger charge is 2.62. The molecule has 0 amide bonds. The molecule has 2 rings (SSSR count). The number of hydrogen-bond acceptors (Lipinski definition) is 1. The topological polar surface area (TPSA) is 12.0 Å². The van der Waals surface area contributed by atoms with Crippen molar-refractivity contribution >= 4 is 0 Å². The zero-order valence-corrected chi connectivity index (χ0v) is 9.37. The van der Waals surface area contributed by atoms with Crippen LogP contribution in [0.5, 0.6) is 0 Å². The zero-order valence-electron chi connectivity index (χ0n) is 9.37. The van der Waals surface area contributed by atoms with E-state index in [1.165, 1.54) is 12.1 Å². The lowest BCUT2D eigenvalue weighted by atomic mass is 10.1. The van der Waals surface area contributed by atoms with Gasteiger partial charge < -0.3 is 0 Å². The molecule has 1 fully saturated rings. The minimum atomic E-state index is -4.23. The first kappa shape index (κ1) is 12.4. The van der Waals surface area contributed by atoms with Crippen molar-refractivity contribution in [1.29, 1.82) is 0 Å². The van der Waals surface area contributed by atoms with Crippen molar-refractivity contribution in [2.75, 3.05) is 0 Å². The second kappa shape index (κ2) is 3.98. The Morgan fingerprint density at radius 1 is 1.29 bits per heavy atom. The van der Waals surface area contributed by atoms with Crippen LogP contribution in [0.2, 0.25) is 0 Å².